The van der Waals surface area contributed by atoms with Gasteiger partial charge in [0.05, 0.1) is 11.0 Å². The van der Waals surface area contributed by atoms with Gasteiger partial charge in [-0.15, -0.1) is 11.3 Å². The topological polar surface area (TPSA) is 4.93 Å². The Hall–Kier alpha value is -5.18. The highest BCUT2D eigenvalue weighted by molar-refractivity contribution is 7.25. The number of benzene rings is 7. The van der Waals surface area contributed by atoms with Crippen molar-refractivity contribution in [3.8, 4) is 39.1 Å². The number of hydrogen-bond donors (Lipinski definition) is 0. The first kappa shape index (κ1) is 22.5. The van der Waals surface area contributed by atoms with E-state index in [1.807, 2.05) is 11.3 Å². The first-order valence-electron chi connectivity index (χ1n) is 14.4. The van der Waals surface area contributed by atoms with E-state index >= 15 is 0 Å². The SMILES string of the molecule is c1ccc2c(c1)-c1cccc3c(-c4ccc(-n5c6ccccc6c6cc7sc8ccccc8c7cc65)cc4)ccc-2c13. The number of hydrogen-bond acceptors (Lipinski definition) is 1. The van der Waals surface area contributed by atoms with Crippen LogP contribution in [0.4, 0.5) is 0 Å². The zero-order chi connectivity index (χ0) is 27.4. The molecule has 2 heteroatoms. The minimum atomic E-state index is 1.18. The minimum Gasteiger partial charge on any atom is -0.309 e. The minimum absolute atomic E-state index is 1.18. The quantitative estimate of drug-likeness (QED) is 0.202. The molecule has 7 aromatic carbocycles. The van der Waals surface area contributed by atoms with Crippen molar-refractivity contribution in [2.45, 2.75) is 0 Å². The molecular weight excluding hydrogens is 527 g/mol. The van der Waals surface area contributed by atoms with Crippen LogP contribution in [-0.4, -0.2) is 4.57 Å². The molecule has 9 aromatic rings. The van der Waals surface area contributed by atoms with Crippen LogP contribution < -0.4 is 0 Å². The number of para-hydroxylation sites is 1. The predicted octanol–water partition coefficient (Wildman–Crippen LogP) is 11.6. The van der Waals surface area contributed by atoms with Crippen molar-refractivity contribution < 1.29 is 0 Å². The van der Waals surface area contributed by atoms with Crippen molar-refractivity contribution in [2.75, 3.05) is 0 Å². The van der Waals surface area contributed by atoms with Gasteiger partial charge in [-0.05, 0) is 80.6 Å². The van der Waals surface area contributed by atoms with Crippen molar-refractivity contribution in [3.05, 3.63) is 140 Å². The molecule has 0 aliphatic heterocycles. The number of rotatable bonds is 2. The molecule has 0 fully saturated rings. The van der Waals surface area contributed by atoms with Crippen LogP contribution in [0.3, 0.4) is 0 Å². The predicted molar refractivity (Wildman–Crippen MR) is 181 cm³/mol. The van der Waals surface area contributed by atoms with Gasteiger partial charge in [-0.3, -0.25) is 0 Å². The third kappa shape index (κ3) is 2.92. The van der Waals surface area contributed by atoms with E-state index in [-0.39, 0.29) is 0 Å². The fourth-order valence-corrected chi connectivity index (χ4v) is 8.44. The second kappa shape index (κ2) is 8.19. The lowest BCUT2D eigenvalue weighted by atomic mass is 9.94. The van der Waals surface area contributed by atoms with E-state index in [2.05, 4.69) is 144 Å². The summed E-state index contributed by atoms with van der Waals surface area (Å²) in [6.07, 6.45) is 0. The largest absolute Gasteiger partial charge is 0.309 e. The second-order valence-electron chi connectivity index (χ2n) is 11.3. The molecule has 0 bridgehead atoms. The highest BCUT2D eigenvalue weighted by Crippen LogP contribution is 2.49. The van der Waals surface area contributed by atoms with Crippen LogP contribution in [0.5, 0.6) is 0 Å². The molecule has 2 heterocycles. The lowest BCUT2D eigenvalue weighted by Gasteiger charge is -2.12. The van der Waals surface area contributed by atoms with E-state index in [9.17, 15) is 0 Å². The van der Waals surface area contributed by atoms with Crippen LogP contribution in [0.15, 0.2) is 140 Å². The Morgan fingerprint density at radius 1 is 0.381 bits per heavy atom. The van der Waals surface area contributed by atoms with Crippen molar-refractivity contribution >= 4 is 64.1 Å². The van der Waals surface area contributed by atoms with E-state index in [1.54, 1.807) is 0 Å². The number of nitrogens with zero attached hydrogens (tertiary/aromatic N) is 1. The maximum Gasteiger partial charge on any atom is 0.0548 e. The average molecular weight is 550 g/mol. The van der Waals surface area contributed by atoms with Crippen molar-refractivity contribution in [1.82, 2.24) is 4.57 Å². The Morgan fingerprint density at radius 2 is 1.05 bits per heavy atom. The second-order valence-corrected chi connectivity index (χ2v) is 12.4. The smallest absolute Gasteiger partial charge is 0.0548 e. The molecule has 42 heavy (non-hydrogen) atoms. The zero-order valence-corrected chi connectivity index (χ0v) is 23.5. The van der Waals surface area contributed by atoms with E-state index in [0.29, 0.717) is 0 Å². The third-order valence-electron chi connectivity index (χ3n) is 9.16. The lowest BCUT2D eigenvalue weighted by molar-refractivity contribution is 1.18. The Labute approximate surface area is 246 Å². The number of thiophene rings is 1. The molecule has 1 nitrogen and oxygen atoms in total. The zero-order valence-electron chi connectivity index (χ0n) is 22.6. The molecule has 1 aliphatic rings. The van der Waals surface area contributed by atoms with E-state index in [4.69, 9.17) is 0 Å². The molecule has 194 valence electrons. The van der Waals surface area contributed by atoms with Crippen LogP contribution in [-0.2, 0) is 0 Å². The van der Waals surface area contributed by atoms with Gasteiger partial charge in [0, 0.05) is 36.6 Å². The summed E-state index contributed by atoms with van der Waals surface area (Å²) in [7, 11) is 0. The van der Waals surface area contributed by atoms with Gasteiger partial charge in [-0.1, -0.05) is 103 Å². The molecule has 0 N–H and O–H groups in total. The summed E-state index contributed by atoms with van der Waals surface area (Å²) in [5.41, 5.74) is 11.6. The summed E-state index contributed by atoms with van der Waals surface area (Å²) in [5, 5.41) is 7.95. The molecule has 10 rings (SSSR count). The summed E-state index contributed by atoms with van der Waals surface area (Å²) >= 11 is 1.88. The van der Waals surface area contributed by atoms with Gasteiger partial charge in [-0.25, -0.2) is 0 Å². The number of aromatic nitrogens is 1. The molecule has 0 amide bonds. The Morgan fingerprint density at radius 3 is 1.90 bits per heavy atom. The van der Waals surface area contributed by atoms with Crippen LogP contribution in [0.25, 0.3) is 91.8 Å². The van der Waals surface area contributed by atoms with E-state index in [0.717, 1.165) is 0 Å². The highest BCUT2D eigenvalue weighted by Gasteiger charge is 2.22. The molecule has 2 aromatic heterocycles. The van der Waals surface area contributed by atoms with Crippen molar-refractivity contribution in [1.29, 1.82) is 0 Å². The highest BCUT2D eigenvalue weighted by atomic mass is 32.1. The fourth-order valence-electron chi connectivity index (χ4n) is 7.32. The molecule has 0 atom stereocenters. The summed E-state index contributed by atoms with van der Waals surface area (Å²) in [6.45, 7) is 0. The molecule has 0 unspecified atom stereocenters. The first-order valence-corrected chi connectivity index (χ1v) is 15.3. The van der Waals surface area contributed by atoms with E-state index < -0.39 is 0 Å². The Bertz CT molecular complexity index is 2530. The molecular formula is C40H23NS. The third-order valence-corrected chi connectivity index (χ3v) is 10.3. The molecule has 0 spiro atoms. The monoisotopic (exact) mass is 549 g/mol. The Kier molecular flexibility index (Phi) is 4.39. The summed E-state index contributed by atoms with van der Waals surface area (Å²) in [6, 6.07) is 51.7. The van der Waals surface area contributed by atoms with Gasteiger partial charge in [0.2, 0.25) is 0 Å². The van der Waals surface area contributed by atoms with Gasteiger partial charge in [0.25, 0.3) is 0 Å². The molecule has 1 aliphatic carbocycles. The maximum absolute atomic E-state index is 2.43. The van der Waals surface area contributed by atoms with Gasteiger partial charge in [-0.2, -0.15) is 0 Å². The van der Waals surface area contributed by atoms with Gasteiger partial charge in [0.15, 0.2) is 0 Å². The van der Waals surface area contributed by atoms with Gasteiger partial charge < -0.3 is 4.57 Å². The standard InChI is InChI=1S/C40H23NS/c1-2-9-28-27(8-1)32-13-7-12-31-26(20-21-33(28)40(31)32)24-16-18-25(19-17-24)41-36-14-5-3-10-29(36)34-23-39-35(22-37(34)41)30-11-4-6-15-38(30)42-39/h1-23H. The molecule has 0 saturated carbocycles. The van der Waals surface area contributed by atoms with Crippen LogP contribution in [0, 0.1) is 0 Å². The van der Waals surface area contributed by atoms with Gasteiger partial charge in [0.1, 0.15) is 0 Å². The number of fused-ring (bicyclic) bond motifs is 9. The summed E-state index contributed by atoms with van der Waals surface area (Å²) < 4.78 is 5.12. The fraction of sp³-hybridized carbons (Fsp3) is 0. The van der Waals surface area contributed by atoms with E-state index in [1.165, 1.54) is 91.8 Å². The normalized spacial score (nSPS) is 12.3. The van der Waals surface area contributed by atoms with Crippen LogP contribution in [0.2, 0.25) is 0 Å². The molecule has 0 radical (unpaired) electrons. The van der Waals surface area contributed by atoms with Crippen LogP contribution >= 0.6 is 11.3 Å². The summed E-state index contributed by atoms with van der Waals surface area (Å²) in [4.78, 5) is 0. The Balaban J connectivity index is 1.17. The first-order chi connectivity index (χ1) is 20.8. The molecule has 0 saturated heterocycles. The summed E-state index contributed by atoms with van der Waals surface area (Å²) in [5.74, 6) is 0. The van der Waals surface area contributed by atoms with Crippen LogP contribution in [0.1, 0.15) is 0 Å². The lowest BCUT2D eigenvalue weighted by Crippen LogP contribution is -1.94. The van der Waals surface area contributed by atoms with Crippen molar-refractivity contribution in [3.63, 3.8) is 0 Å². The van der Waals surface area contributed by atoms with Crippen molar-refractivity contribution in [2.24, 2.45) is 0 Å². The average Bonchev–Trinajstić information content (AvgIpc) is 3.69. The maximum atomic E-state index is 2.43. The van der Waals surface area contributed by atoms with Gasteiger partial charge >= 0.3 is 0 Å².